The topological polar surface area (TPSA) is 15.8 Å². The molecule has 0 bridgehead atoms. The van der Waals surface area contributed by atoms with Gasteiger partial charge in [0.15, 0.2) is 0 Å². The molecule has 0 spiro atoms. The van der Waals surface area contributed by atoms with Crippen molar-refractivity contribution in [3.63, 3.8) is 0 Å². The molecule has 11 heavy (non-hydrogen) atoms. The van der Waals surface area contributed by atoms with Crippen LogP contribution in [0.3, 0.4) is 0 Å². The zero-order chi connectivity index (χ0) is 7.84. The molecule has 0 aromatic carbocycles. The summed E-state index contributed by atoms with van der Waals surface area (Å²) in [6.45, 7) is 4.47. The molecule has 1 heterocycles. The van der Waals surface area contributed by atoms with Crippen molar-refractivity contribution in [1.29, 1.82) is 0 Å². The maximum Gasteiger partial charge on any atom is 0.0184 e. The van der Waals surface area contributed by atoms with Gasteiger partial charge in [-0.25, -0.2) is 0 Å². The van der Waals surface area contributed by atoms with Gasteiger partial charge in [0.2, 0.25) is 0 Å². The monoisotopic (exact) mass is 149 g/mol. The summed E-state index contributed by atoms with van der Waals surface area (Å²) in [6, 6.07) is 2.29. The molecule has 0 aliphatic heterocycles. The minimum atomic E-state index is 0.876. The molecule has 1 aliphatic rings. The van der Waals surface area contributed by atoms with Crippen molar-refractivity contribution in [3.8, 4) is 0 Å². The zero-order valence-electron chi connectivity index (χ0n) is 7.28. The Bertz CT molecular complexity index is 260. The van der Waals surface area contributed by atoms with Crippen LogP contribution in [0.25, 0.3) is 0 Å². The summed E-state index contributed by atoms with van der Waals surface area (Å²) >= 11 is 0. The second-order valence-electron chi connectivity index (χ2n) is 3.80. The number of hydrogen-bond acceptors (Lipinski definition) is 0. The molecule has 0 fully saturated rings. The number of rotatable bonds is 0. The van der Waals surface area contributed by atoms with Gasteiger partial charge < -0.3 is 4.98 Å². The van der Waals surface area contributed by atoms with E-state index in [1.807, 2.05) is 0 Å². The van der Waals surface area contributed by atoms with E-state index in [4.69, 9.17) is 0 Å². The summed E-state index contributed by atoms with van der Waals surface area (Å²) in [6.07, 6.45) is 3.90. The van der Waals surface area contributed by atoms with Gasteiger partial charge in [-0.1, -0.05) is 6.92 Å². The molecule has 0 radical (unpaired) electrons. The van der Waals surface area contributed by atoms with Crippen LogP contribution >= 0.6 is 0 Å². The van der Waals surface area contributed by atoms with Crippen molar-refractivity contribution < 1.29 is 0 Å². The second-order valence-corrected chi connectivity index (χ2v) is 3.80. The van der Waals surface area contributed by atoms with E-state index in [0.717, 1.165) is 5.92 Å². The average Bonchev–Trinajstić information content (AvgIpc) is 2.27. The van der Waals surface area contributed by atoms with E-state index in [1.165, 1.54) is 30.7 Å². The smallest absolute Gasteiger partial charge is 0.0184 e. The first kappa shape index (κ1) is 6.96. The predicted molar refractivity (Wildman–Crippen MR) is 46.7 cm³/mol. The lowest BCUT2D eigenvalue weighted by Gasteiger charge is -2.17. The van der Waals surface area contributed by atoms with Crippen molar-refractivity contribution >= 4 is 0 Å². The summed E-state index contributed by atoms with van der Waals surface area (Å²) in [4.78, 5) is 3.43. The maximum absolute atomic E-state index is 3.43. The highest BCUT2D eigenvalue weighted by Crippen LogP contribution is 2.24. The van der Waals surface area contributed by atoms with Crippen LogP contribution in [0.5, 0.6) is 0 Å². The van der Waals surface area contributed by atoms with Gasteiger partial charge in [-0.2, -0.15) is 0 Å². The largest absolute Gasteiger partial charge is 0.362 e. The van der Waals surface area contributed by atoms with Crippen molar-refractivity contribution in [3.05, 3.63) is 23.0 Å². The molecule has 60 valence electrons. The molecule has 0 amide bonds. The third-order valence-electron chi connectivity index (χ3n) is 2.59. The van der Waals surface area contributed by atoms with Crippen molar-refractivity contribution in [2.24, 2.45) is 5.92 Å². The van der Waals surface area contributed by atoms with Crippen LogP contribution in [0, 0.1) is 12.8 Å². The molecule has 1 nitrogen and oxygen atoms in total. The molecule has 0 saturated carbocycles. The number of aromatic nitrogens is 1. The first-order valence-corrected chi connectivity index (χ1v) is 4.43. The van der Waals surface area contributed by atoms with E-state index in [1.54, 1.807) is 5.56 Å². The van der Waals surface area contributed by atoms with E-state index in [9.17, 15) is 0 Å². The van der Waals surface area contributed by atoms with E-state index >= 15 is 0 Å². The van der Waals surface area contributed by atoms with Crippen LogP contribution in [-0.2, 0) is 12.8 Å². The minimum Gasteiger partial charge on any atom is -0.362 e. The van der Waals surface area contributed by atoms with Gasteiger partial charge in [0.25, 0.3) is 0 Å². The van der Waals surface area contributed by atoms with Crippen molar-refractivity contribution in [1.82, 2.24) is 4.98 Å². The fraction of sp³-hybridized carbons (Fsp3) is 0.600. The van der Waals surface area contributed by atoms with Crippen molar-refractivity contribution in [2.45, 2.75) is 33.1 Å². The lowest BCUT2D eigenvalue weighted by Crippen LogP contribution is -2.09. The maximum atomic E-state index is 3.43. The lowest BCUT2D eigenvalue weighted by atomic mass is 9.90. The highest BCUT2D eigenvalue weighted by molar-refractivity contribution is 5.27. The Hall–Kier alpha value is -0.720. The summed E-state index contributed by atoms with van der Waals surface area (Å²) in [5.74, 6) is 0.876. The Kier molecular flexibility index (Phi) is 1.52. The Labute approximate surface area is 67.8 Å². The highest BCUT2D eigenvalue weighted by Gasteiger charge is 2.16. The third-order valence-corrected chi connectivity index (χ3v) is 2.59. The lowest BCUT2D eigenvalue weighted by molar-refractivity contribution is 0.496. The summed E-state index contributed by atoms with van der Waals surface area (Å²) < 4.78 is 0. The number of aromatic amines is 1. The Balaban J connectivity index is 2.34. The molecule has 1 aromatic rings. The van der Waals surface area contributed by atoms with Gasteiger partial charge in [0, 0.05) is 11.4 Å². The molecular formula is C10H15N. The quantitative estimate of drug-likeness (QED) is 0.583. The predicted octanol–water partition coefficient (Wildman–Crippen LogP) is 2.45. The van der Waals surface area contributed by atoms with E-state index < -0.39 is 0 Å². The fourth-order valence-corrected chi connectivity index (χ4v) is 1.96. The van der Waals surface area contributed by atoms with Crippen LogP contribution < -0.4 is 0 Å². The second kappa shape index (κ2) is 2.40. The number of hydrogen-bond donors (Lipinski definition) is 1. The van der Waals surface area contributed by atoms with Gasteiger partial charge in [-0.3, -0.25) is 0 Å². The Morgan fingerprint density at radius 1 is 1.55 bits per heavy atom. The van der Waals surface area contributed by atoms with Gasteiger partial charge >= 0.3 is 0 Å². The SMILES string of the molecule is Cc1cc2c([nH]1)CC(C)CC2. The molecule has 1 aromatic heterocycles. The number of H-pyrrole nitrogens is 1. The van der Waals surface area contributed by atoms with Crippen LogP contribution in [0.2, 0.25) is 0 Å². The Morgan fingerprint density at radius 2 is 2.36 bits per heavy atom. The molecule has 1 heteroatoms. The average molecular weight is 149 g/mol. The first-order chi connectivity index (χ1) is 5.25. The number of fused-ring (bicyclic) bond motifs is 1. The van der Waals surface area contributed by atoms with Crippen molar-refractivity contribution in [2.75, 3.05) is 0 Å². The van der Waals surface area contributed by atoms with Crippen LogP contribution in [0.15, 0.2) is 6.07 Å². The summed E-state index contributed by atoms with van der Waals surface area (Å²) in [5.41, 5.74) is 4.37. The molecule has 1 N–H and O–H groups in total. The molecule has 1 aliphatic carbocycles. The van der Waals surface area contributed by atoms with Crippen LogP contribution in [-0.4, -0.2) is 4.98 Å². The van der Waals surface area contributed by atoms with E-state index in [-0.39, 0.29) is 0 Å². The van der Waals surface area contributed by atoms with Gasteiger partial charge in [0.1, 0.15) is 0 Å². The normalized spacial score (nSPS) is 23.3. The summed E-state index contributed by atoms with van der Waals surface area (Å²) in [7, 11) is 0. The number of nitrogens with one attached hydrogen (secondary N) is 1. The standard InChI is InChI=1S/C10H15N/c1-7-3-4-9-6-8(2)11-10(9)5-7/h6-7,11H,3-5H2,1-2H3. The van der Waals surface area contributed by atoms with E-state index in [2.05, 4.69) is 24.9 Å². The fourth-order valence-electron chi connectivity index (χ4n) is 1.96. The van der Waals surface area contributed by atoms with Gasteiger partial charge in [-0.05, 0) is 43.7 Å². The van der Waals surface area contributed by atoms with Gasteiger partial charge in [-0.15, -0.1) is 0 Å². The number of aryl methyl sites for hydroxylation is 2. The molecule has 1 atom stereocenters. The highest BCUT2D eigenvalue weighted by atomic mass is 14.7. The van der Waals surface area contributed by atoms with Crippen LogP contribution in [0.4, 0.5) is 0 Å². The minimum absolute atomic E-state index is 0.876. The first-order valence-electron chi connectivity index (χ1n) is 4.43. The Morgan fingerprint density at radius 3 is 3.18 bits per heavy atom. The molecular weight excluding hydrogens is 134 g/mol. The van der Waals surface area contributed by atoms with Crippen LogP contribution in [0.1, 0.15) is 30.3 Å². The summed E-state index contributed by atoms with van der Waals surface area (Å²) in [5, 5.41) is 0. The van der Waals surface area contributed by atoms with Gasteiger partial charge in [0.05, 0.1) is 0 Å². The van der Waals surface area contributed by atoms with E-state index in [0.29, 0.717) is 0 Å². The zero-order valence-corrected chi connectivity index (χ0v) is 7.28. The third kappa shape index (κ3) is 1.20. The molecule has 0 saturated heterocycles. The molecule has 2 rings (SSSR count). The molecule has 1 unspecified atom stereocenters.